The van der Waals surface area contributed by atoms with Crippen LogP contribution in [-0.4, -0.2) is 44.9 Å². The zero-order valence-corrected chi connectivity index (χ0v) is 14.2. The molecule has 0 bridgehead atoms. The smallest absolute Gasteiger partial charge is 0.248 e. The van der Waals surface area contributed by atoms with E-state index in [1.807, 2.05) is 0 Å². The Bertz CT molecular complexity index is 853. The third kappa shape index (κ3) is 4.36. The molecule has 2 heterocycles. The maximum absolute atomic E-state index is 12.6. The molecular weight excluding hydrogens is 344 g/mol. The van der Waals surface area contributed by atoms with Gasteiger partial charge in [0, 0.05) is 24.9 Å². The molecule has 1 aromatic carbocycles. The van der Waals surface area contributed by atoms with E-state index in [2.05, 4.69) is 5.32 Å². The van der Waals surface area contributed by atoms with Gasteiger partial charge in [-0.2, -0.15) is 4.31 Å². The second-order valence-corrected chi connectivity index (χ2v) is 7.32. The number of morpholine rings is 1. The van der Waals surface area contributed by atoms with E-state index in [1.165, 1.54) is 34.9 Å². The van der Waals surface area contributed by atoms with Crippen molar-refractivity contribution in [1.82, 2.24) is 4.31 Å². The molecule has 1 saturated heterocycles. The summed E-state index contributed by atoms with van der Waals surface area (Å²) in [7, 11) is -3.60. The van der Waals surface area contributed by atoms with Crippen molar-refractivity contribution in [3.8, 4) is 0 Å². The van der Waals surface area contributed by atoms with E-state index in [1.54, 1.807) is 24.3 Å². The lowest BCUT2D eigenvalue weighted by Gasteiger charge is -2.26. The average molecular weight is 362 g/mol. The number of amides is 1. The summed E-state index contributed by atoms with van der Waals surface area (Å²) in [5.74, 6) is 0.177. The summed E-state index contributed by atoms with van der Waals surface area (Å²) in [6.07, 6.45) is 4.36. The number of hydrogen-bond donors (Lipinski definition) is 1. The molecule has 0 spiro atoms. The van der Waals surface area contributed by atoms with Gasteiger partial charge < -0.3 is 14.5 Å². The summed E-state index contributed by atoms with van der Waals surface area (Å²) in [6, 6.07) is 9.63. The standard InChI is InChI=1S/C17H18N2O5S/c20-17(7-6-15-4-2-10-24-15)18-14-3-1-5-16(13-14)25(21,22)19-8-11-23-12-9-19/h1-7,10,13H,8-9,11-12H2,(H,18,20)/b7-6+. The molecule has 1 aliphatic rings. The number of hydrogen-bond acceptors (Lipinski definition) is 5. The van der Waals surface area contributed by atoms with E-state index in [0.717, 1.165) is 0 Å². The first-order chi connectivity index (χ1) is 12.1. The number of benzene rings is 1. The molecule has 0 atom stereocenters. The van der Waals surface area contributed by atoms with Crippen LogP contribution in [0.4, 0.5) is 5.69 Å². The predicted octanol–water partition coefficient (Wildman–Crippen LogP) is 1.95. The first-order valence-corrected chi connectivity index (χ1v) is 9.20. The van der Waals surface area contributed by atoms with Crippen molar-refractivity contribution in [1.29, 1.82) is 0 Å². The monoisotopic (exact) mass is 362 g/mol. The van der Waals surface area contributed by atoms with Gasteiger partial charge in [0.2, 0.25) is 15.9 Å². The van der Waals surface area contributed by atoms with Gasteiger partial charge >= 0.3 is 0 Å². The zero-order chi connectivity index (χ0) is 17.7. The lowest BCUT2D eigenvalue weighted by atomic mass is 10.3. The van der Waals surface area contributed by atoms with Gasteiger partial charge in [-0.05, 0) is 36.4 Å². The molecule has 0 radical (unpaired) electrons. The second kappa shape index (κ2) is 7.64. The van der Waals surface area contributed by atoms with Crippen molar-refractivity contribution >= 4 is 27.7 Å². The van der Waals surface area contributed by atoms with Gasteiger partial charge in [-0.1, -0.05) is 6.07 Å². The largest absolute Gasteiger partial charge is 0.465 e. The van der Waals surface area contributed by atoms with Crippen molar-refractivity contribution in [3.05, 3.63) is 54.5 Å². The quantitative estimate of drug-likeness (QED) is 0.822. The van der Waals surface area contributed by atoms with Crippen molar-refractivity contribution < 1.29 is 22.4 Å². The first-order valence-electron chi connectivity index (χ1n) is 7.76. The molecule has 1 aromatic heterocycles. The molecule has 2 aromatic rings. The zero-order valence-electron chi connectivity index (χ0n) is 13.4. The fraction of sp³-hybridized carbons (Fsp3) is 0.235. The summed E-state index contributed by atoms with van der Waals surface area (Å²) >= 11 is 0. The molecule has 1 fully saturated rings. The van der Waals surface area contributed by atoms with Crippen molar-refractivity contribution in [2.75, 3.05) is 31.6 Å². The molecule has 8 heteroatoms. The molecule has 0 unspecified atom stereocenters. The number of rotatable bonds is 5. The summed E-state index contributed by atoms with van der Waals surface area (Å²) in [6.45, 7) is 1.41. The van der Waals surface area contributed by atoms with Crippen molar-refractivity contribution in [3.63, 3.8) is 0 Å². The number of ether oxygens (including phenoxy) is 1. The maximum Gasteiger partial charge on any atom is 0.248 e. The van der Waals surface area contributed by atoms with E-state index in [-0.39, 0.29) is 10.8 Å². The Labute approximate surface area is 145 Å². The number of nitrogens with zero attached hydrogens (tertiary/aromatic N) is 1. The Hall–Kier alpha value is -2.42. The molecule has 7 nitrogen and oxygen atoms in total. The number of anilines is 1. The summed E-state index contributed by atoms with van der Waals surface area (Å²) in [4.78, 5) is 12.1. The van der Waals surface area contributed by atoms with Gasteiger partial charge in [-0.15, -0.1) is 0 Å². The average Bonchev–Trinajstić information content (AvgIpc) is 3.14. The fourth-order valence-corrected chi connectivity index (χ4v) is 3.85. The van der Waals surface area contributed by atoms with Gasteiger partial charge in [0.15, 0.2) is 0 Å². The van der Waals surface area contributed by atoms with Crippen molar-refractivity contribution in [2.24, 2.45) is 0 Å². The van der Waals surface area contributed by atoms with Crippen LogP contribution < -0.4 is 5.32 Å². The van der Waals surface area contributed by atoms with E-state index < -0.39 is 10.0 Å². The highest BCUT2D eigenvalue weighted by molar-refractivity contribution is 7.89. The molecule has 0 saturated carbocycles. The molecule has 0 aliphatic carbocycles. The van der Waals surface area contributed by atoms with E-state index >= 15 is 0 Å². The highest BCUT2D eigenvalue weighted by Gasteiger charge is 2.26. The Kier molecular flexibility index (Phi) is 5.32. The van der Waals surface area contributed by atoms with Gasteiger partial charge in [-0.3, -0.25) is 4.79 Å². The number of carbonyl (C=O) groups is 1. The van der Waals surface area contributed by atoms with Crippen LogP contribution in [0.15, 0.2) is 58.1 Å². The Morgan fingerprint density at radius 3 is 2.68 bits per heavy atom. The van der Waals surface area contributed by atoms with Crippen LogP contribution in [0.5, 0.6) is 0 Å². The molecule has 1 N–H and O–H groups in total. The van der Waals surface area contributed by atoms with Crippen LogP contribution in [-0.2, 0) is 19.6 Å². The van der Waals surface area contributed by atoms with Crippen LogP contribution in [0.3, 0.4) is 0 Å². The predicted molar refractivity (Wildman–Crippen MR) is 92.4 cm³/mol. The van der Waals surface area contributed by atoms with Crippen LogP contribution >= 0.6 is 0 Å². The molecular formula is C17H18N2O5S. The third-order valence-electron chi connectivity index (χ3n) is 3.65. The van der Waals surface area contributed by atoms with Crippen LogP contribution in [0, 0.1) is 0 Å². The fourth-order valence-electron chi connectivity index (χ4n) is 2.40. The Morgan fingerprint density at radius 2 is 1.96 bits per heavy atom. The summed E-state index contributed by atoms with van der Waals surface area (Å²) in [5, 5.41) is 2.64. The summed E-state index contributed by atoms with van der Waals surface area (Å²) < 4.78 is 36.9. The Morgan fingerprint density at radius 1 is 1.16 bits per heavy atom. The molecule has 1 amide bonds. The Balaban J connectivity index is 1.71. The number of nitrogens with one attached hydrogen (secondary N) is 1. The van der Waals surface area contributed by atoms with E-state index in [9.17, 15) is 13.2 Å². The van der Waals surface area contributed by atoms with Crippen LogP contribution in [0.25, 0.3) is 6.08 Å². The van der Waals surface area contributed by atoms with Crippen molar-refractivity contribution in [2.45, 2.75) is 4.90 Å². The molecule has 1 aliphatic heterocycles. The normalized spacial score (nSPS) is 16.2. The maximum atomic E-state index is 12.6. The third-order valence-corrected chi connectivity index (χ3v) is 5.55. The van der Waals surface area contributed by atoms with E-state index in [4.69, 9.17) is 9.15 Å². The lowest BCUT2D eigenvalue weighted by Crippen LogP contribution is -2.40. The number of sulfonamides is 1. The minimum atomic E-state index is -3.60. The van der Waals surface area contributed by atoms with Gasteiger partial charge in [-0.25, -0.2) is 8.42 Å². The number of carbonyl (C=O) groups excluding carboxylic acids is 1. The van der Waals surface area contributed by atoms with Crippen LogP contribution in [0.2, 0.25) is 0 Å². The number of furan rings is 1. The highest BCUT2D eigenvalue weighted by Crippen LogP contribution is 2.20. The first kappa shape index (κ1) is 17.4. The second-order valence-electron chi connectivity index (χ2n) is 5.38. The summed E-state index contributed by atoms with van der Waals surface area (Å²) in [5.41, 5.74) is 0.406. The lowest BCUT2D eigenvalue weighted by molar-refractivity contribution is -0.111. The topological polar surface area (TPSA) is 88.8 Å². The van der Waals surface area contributed by atoms with Gasteiger partial charge in [0.1, 0.15) is 5.76 Å². The minimum absolute atomic E-state index is 0.141. The molecule has 25 heavy (non-hydrogen) atoms. The van der Waals surface area contributed by atoms with E-state index in [0.29, 0.717) is 37.8 Å². The van der Waals surface area contributed by atoms with Gasteiger partial charge in [0.05, 0.1) is 24.4 Å². The SMILES string of the molecule is O=C(/C=C/c1ccco1)Nc1cccc(S(=O)(=O)N2CCOCC2)c1. The van der Waals surface area contributed by atoms with Gasteiger partial charge in [0.25, 0.3) is 0 Å². The molecule has 3 rings (SSSR count). The minimum Gasteiger partial charge on any atom is -0.465 e. The van der Waals surface area contributed by atoms with Crippen LogP contribution in [0.1, 0.15) is 5.76 Å². The highest BCUT2D eigenvalue weighted by atomic mass is 32.2. The molecule has 132 valence electrons.